The first-order valence-electron chi connectivity index (χ1n) is 6.19. The summed E-state index contributed by atoms with van der Waals surface area (Å²) < 4.78 is 0.830. The molecule has 3 rings (SSSR count). The summed E-state index contributed by atoms with van der Waals surface area (Å²) in [7, 11) is 0. The molecule has 0 bridgehead atoms. The second kappa shape index (κ2) is 5.79. The van der Waals surface area contributed by atoms with Crippen molar-refractivity contribution >= 4 is 56.3 Å². The SMILES string of the molecule is Nc1ccc(Br)c(NC(=O)c2cc3c(s2)CCSC3)c1. The van der Waals surface area contributed by atoms with Crippen molar-refractivity contribution in [3.05, 3.63) is 44.1 Å². The molecule has 1 aliphatic rings. The maximum absolute atomic E-state index is 12.3. The molecule has 104 valence electrons. The minimum absolute atomic E-state index is 0.0688. The molecule has 0 atom stereocenters. The van der Waals surface area contributed by atoms with E-state index >= 15 is 0 Å². The predicted molar refractivity (Wildman–Crippen MR) is 90.7 cm³/mol. The number of nitrogens with two attached hydrogens (primary N) is 1. The number of thioether (sulfide) groups is 1. The van der Waals surface area contributed by atoms with E-state index in [9.17, 15) is 4.79 Å². The minimum Gasteiger partial charge on any atom is -0.399 e. The molecule has 0 fully saturated rings. The second-order valence-corrected chi connectivity index (χ2v) is 7.65. The van der Waals surface area contributed by atoms with Crippen LogP contribution in [0.1, 0.15) is 20.1 Å². The van der Waals surface area contributed by atoms with Gasteiger partial charge in [0.2, 0.25) is 0 Å². The third kappa shape index (κ3) is 2.87. The quantitative estimate of drug-likeness (QED) is 0.783. The van der Waals surface area contributed by atoms with E-state index < -0.39 is 0 Å². The number of carbonyl (C=O) groups is 1. The number of fused-ring (bicyclic) bond motifs is 1. The number of thiophene rings is 1. The zero-order valence-electron chi connectivity index (χ0n) is 10.6. The third-order valence-corrected chi connectivity index (χ3v) is 6.03. The normalized spacial score (nSPS) is 13.8. The lowest BCUT2D eigenvalue weighted by atomic mass is 10.2. The van der Waals surface area contributed by atoms with Crippen molar-refractivity contribution in [3.63, 3.8) is 0 Å². The van der Waals surface area contributed by atoms with Gasteiger partial charge in [0.25, 0.3) is 5.91 Å². The van der Waals surface area contributed by atoms with Crippen LogP contribution in [-0.2, 0) is 12.2 Å². The Hall–Kier alpha value is -0.980. The first-order chi connectivity index (χ1) is 9.63. The van der Waals surface area contributed by atoms with Gasteiger partial charge in [-0.25, -0.2) is 0 Å². The minimum atomic E-state index is -0.0688. The van der Waals surface area contributed by atoms with E-state index in [4.69, 9.17) is 5.73 Å². The third-order valence-electron chi connectivity index (χ3n) is 3.09. The largest absolute Gasteiger partial charge is 0.399 e. The van der Waals surface area contributed by atoms with Gasteiger partial charge in [-0.15, -0.1) is 11.3 Å². The first kappa shape index (κ1) is 14.0. The van der Waals surface area contributed by atoms with Crippen molar-refractivity contribution in [2.45, 2.75) is 12.2 Å². The molecule has 1 aromatic carbocycles. The Balaban J connectivity index is 1.82. The summed E-state index contributed by atoms with van der Waals surface area (Å²) in [6.07, 6.45) is 1.07. The van der Waals surface area contributed by atoms with Gasteiger partial charge in [-0.1, -0.05) is 0 Å². The van der Waals surface area contributed by atoms with Gasteiger partial charge in [0.05, 0.1) is 10.6 Å². The summed E-state index contributed by atoms with van der Waals surface area (Å²) >= 11 is 6.94. The van der Waals surface area contributed by atoms with Crippen molar-refractivity contribution in [1.29, 1.82) is 0 Å². The summed E-state index contributed by atoms with van der Waals surface area (Å²) in [5.74, 6) is 2.09. The molecule has 1 aliphatic heterocycles. The fourth-order valence-corrected chi connectivity index (χ4v) is 4.69. The molecule has 0 spiro atoms. The summed E-state index contributed by atoms with van der Waals surface area (Å²) in [6, 6.07) is 7.40. The molecule has 0 saturated carbocycles. The van der Waals surface area contributed by atoms with Gasteiger partial charge in [-0.2, -0.15) is 11.8 Å². The smallest absolute Gasteiger partial charge is 0.265 e. The molecule has 0 saturated heterocycles. The first-order valence-corrected chi connectivity index (χ1v) is 8.95. The molecule has 0 aliphatic carbocycles. The molecule has 2 heterocycles. The highest BCUT2D eigenvalue weighted by atomic mass is 79.9. The number of hydrogen-bond donors (Lipinski definition) is 2. The van der Waals surface area contributed by atoms with E-state index in [1.54, 1.807) is 23.5 Å². The van der Waals surface area contributed by atoms with Crippen LogP contribution in [0.5, 0.6) is 0 Å². The fraction of sp³-hybridized carbons (Fsp3) is 0.214. The van der Waals surface area contributed by atoms with Gasteiger partial charge < -0.3 is 11.1 Å². The number of nitrogen functional groups attached to an aromatic ring is 1. The van der Waals surface area contributed by atoms with E-state index in [0.717, 1.165) is 27.3 Å². The summed E-state index contributed by atoms with van der Waals surface area (Å²) in [6.45, 7) is 0. The Bertz CT molecular complexity index is 646. The molecule has 20 heavy (non-hydrogen) atoms. The molecular formula is C14H13BrN2OS2. The van der Waals surface area contributed by atoms with E-state index in [1.165, 1.54) is 10.4 Å². The Kier molecular flexibility index (Phi) is 4.05. The number of anilines is 2. The Morgan fingerprint density at radius 2 is 2.20 bits per heavy atom. The number of amides is 1. The summed E-state index contributed by atoms with van der Waals surface area (Å²) in [4.78, 5) is 14.4. The average molecular weight is 369 g/mol. The van der Waals surface area contributed by atoms with Crippen LogP contribution in [-0.4, -0.2) is 11.7 Å². The molecule has 0 unspecified atom stereocenters. The van der Waals surface area contributed by atoms with Gasteiger partial charge in [-0.05, 0) is 57.9 Å². The van der Waals surface area contributed by atoms with Crippen LogP contribution in [0, 0.1) is 0 Å². The van der Waals surface area contributed by atoms with Crippen molar-refractivity contribution in [2.75, 3.05) is 16.8 Å². The van der Waals surface area contributed by atoms with Crippen LogP contribution in [0.25, 0.3) is 0 Å². The number of nitrogens with one attached hydrogen (secondary N) is 1. The number of halogens is 1. The molecule has 3 N–H and O–H groups in total. The van der Waals surface area contributed by atoms with Crippen LogP contribution in [0.3, 0.4) is 0 Å². The van der Waals surface area contributed by atoms with E-state index in [0.29, 0.717) is 11.4 Å². The van der Waals surface area contributed by atoms with Gasteiger partial charge >= 0.3 is 0 Å². The molecule has 6 heteroatoms. The maximum atomic E-state index is 12.3. The standard InChI is InChI=1S/C14H13BrN2OS2/c15-10-2-1-9(16)6-11(10)17-14(18)13-5-8-7-19-4-3-12(8)20-13/h1-2,5-6H,3-4,7,16H2,(H,17,18). The topological polar surface area (TPSA) is 55.1 Å². The van der Waals surface area contributed by atoms with Crippen LogP contribution in [0.4, 0.5) is 11.4 Å². The van der Waals surface area contributed by atoms with Crippen molar-refractivity contribution in [2.24, 2.45) is 0 Å². The highest BCUT2D eigenvalue weighted by molar-refractivity contribution is 9.10. The number of hydrogen-bond acceptors (Lipinski definition) is 4. The molecule has 1 amide bonds. The summed E-state index contributed by atoms with van der Waals surface area (Å²) in [5.41, 5.74) is 8.39. The summed E-state index contributed by atoms with van der Waals surface area (Å²) in [5, 5.41) is 2.91. The van der Waals surface area contributed by atoms with E-state index in [-0.39, 0.29) is 5.91 Å². The molecular weight excluding hydrogens is 356 g/mol. The Morgan fingerprint density at radius 3 is 3.00 bits per heavy atom. The number of aryl methyl sites for hydroxylation is 1. The zero-order valence-corrected chi connectivity index (χ0v) is 13.8. The highest BCUT2D eigenvalue weighted by Gasteiger charge is 2.18. The highest BCUT2D eigenvalue weighted by Crippen LogP contribution is 2.32. The maximum Gasteiger partial charge on any atom is 0.265 e. The average Bonchev–Trinajstić information content (AvgIpc) is 2.87. The Morgan fingerprint density at radius 1 is 1.35 bits per heavy atom. The lowest BCUT2D eigenvalue weighted by molar-refractivity contribution is 0.103. The van der Waals surface area contributed by atoms with Gasteiger partial charge in [0.15, 0.2) is 0 Å². The molecule has 3 nitrogen and oxygen atoms in total. The van der Waals surface area contributed by atoms with Crippen LogP contribution >= 0.6 is 39.0 Å². The van der Waals surface area contributed by atoms with Crippen molar-refractivity contribution in [1.82, 2.24) is 0 Å². The van der Waals surface area contributed by atoms with Crippen LogP contribution in [0.15, 0.2) is 28.7 Å². The van der Waals surface area contributed by atoms with Crippen LogP contribution < -0.4 is 11.1 Å². The van der Waals surface area contributed by atoms with E-state index in [1.807, 2.05) is 23.9 Å². The predicted octanol–water partition coefficient (Wildman–Crippen LogP) is 4.13. The number of carbonyl (C=O) groups excluding carboxylic acids is 1. The van der Waals surface area contributed by atoms with Crippen molar-refractivity contribution in [3.8, 4) is 0 Å². The van der Waals surface area contributed by atoms with Gasteiger partial charge in [0.1, 0.15) is 0 Å². The zero-order chi connectivity index (χ0) is 14.1. The molecule has 0 radical (unpaired) electrons. The molecule has 1 aromatic heterocycles. The number of benzene rings is 1. The van der Waals surface area contributed by atoms with Gasteiger partial charge in [-0.3, -0.25) is 4.79 Å². The van der Waals surface area contributed by atoms with Crippen molar-refractivity contribution < 1.29 is 4.79 Å². The second-order valence-electron chi connectivity index (χ2n) is 4.56. The Labute approximate surface area is 134 Å². The monoisotopic (exact) mass is 368 g/mol. The lowest BCUT2D eigenvalue weighted by Gasteiger charge is -2.08. The van der Waals surface area contributed by atoms with Crippen LogP contribution in [0.2, 0.25) is 0 Å². The van der Waals surface area contributed by atoms with Gasteiger partial charge in [0, 0.05) is 20.8 Å². The van der Waals surface area contributed by atoms with E-state index in [2.05, 4.69) is 21.2 Å². The fourth-order valence-electron chi connectivity index (χ4n) is 2.08. The number of rotatable bonds is 2. The molecule has 2 aromatic rings. The lowest BCUT2D eigenvalue weighted by Crippen LogP contribution is -2.10.